The van der Waals surface area contributed by atoms with Gasteiger partial charge in [0.1, 0.15) is 17.1 Å². The maximum Gasteiger partial charge on any atom is 0.206 e. The molecule has 1 saturated heterocycles. The lowest BCUT2D eigenvalue weighted by molar-refractivity contribution is 0.498. The van der Waals surface area contributed by atoms with Crippen molar-refractivity contribution >= 4 is 22.9 Å². The molecule has 1 aliphatic rings. The number of hydrogen-bond donors (Lipinski definition) is 0. The van der Waals surface area contributed by atoms with E-state index in [0.717, 1.165) is 35.1 Å². The van der Waals surface area contributed by atoms with Crippen LogP contribution in [0.25, 0.3) is 17.0 Å². The number of hydrogen-bond acceptors (Lipinski definition) is 4. The van der Waals surface area contributed by atoms with E-state index in [2.05, 4.69) is 9.55 Å². The van der Waals surface area contributed by atoms with Crippen LogP contribution in [0.15, 0.2) is 34.9 Å². The molecule has 4 nitrogen and oxygen atoms in total. The summed E-state index contributed by atoms with van der Waals surface area (Å²) in [7, 11) is 0. The monoisotopic (exact) mass is 299 g/mol. The van der Waals surface area contributed by atoms with Gasteiger partial charge < -0.3 is 4.42 Å². The summed E-state index contributed by atoms with van der Waals surface area (Å²) in [6.45, 7) is 1.96. The Hall–Kier alpha value is -1.75. The van der Waals surface area contributed by atoms with E-state index in [4.69, 9.17) is 9.40 Å². The fraction of sp³-hybridized carbons (Fsp3) is 0.375. The molecule has 4 rings (SSSR count). The minimum absolute atomic E-state index is 0.710. The smallest absolute Gasteiger partial charge is 0.206 e. The van der Waals surface area contributed by atoms with Crippen molar-refractivity contribution in [3.63, 3.8) is 0 Å². The average Bonchev–Trinajstić information content (AvgIpc) is 3.18. The van der Waals surface area contributed by atoms with Crippen LogP contribution in [0.5, 0.6) is 0 Å². The molecule has 1 aliphatic heterocycles. The summed E-state index contributed by atoms with van der Waals surface area (Å²) in [6, 6.07) is 7.93. The molecule has 0 saturated carbocycles. The molecule has 5 heteroatoms. The van der Waals surface area contributed by atoms with Gasteiger partial charge in [-0.25, -0.2) is 14.5 Å². The number of imidazole rings is 1. The molecule has 0 amide bonds. The van der Waals surface area contributed by atoms with Crippen LogP contribution < -0.4 is 0 Å². The number of nitrogens with zero attached hydrogens (tertiary/aromatic N) is 3. The van der Waals surface area contributed by atoms with Gasteiger partial charge in [-0.15, -0.1) is 0 Å². The van der Waals surface area contributed by atoms with E-state index in [1.54, 1.807) is 0 Å². The van der Waals surface area contributed by atoms with Crippen LogP contribution in [0.4, 0.5) is 0 Å². The summed E-state index contributed by atoms with van der Waals surface area (Å²) in [5.41, 5.74) is 1.82. The van der Waals surface area contributed by atoms with Crippen molar-refractivity contribution < 1.29 is 4.42 Å². The van der Waals surface area contributed by atoms with E-state index in [-0.39, 0.29) is 0 Å². The standard InChI is InChI=1S/C16H17N3OS/c1-11-4-5-15(20-11)19-14(9-12-6-8-21-10-12)18-13-3-2-7-17-16(13)19/h2-5,7,12H,6,8-10H2,1H3. The minimum Gasteiger partial charge on any atom is -0.445 e. The summed E-state index contributed by atoms with van der Waals surface area (Å²) >= 11 is 2.04. The lowest BCUT2D eigenvalue weighted by atomic mass is 10.1. The molecule has 0 N–H and O–H groups in total. The highest BCUT2D eigenvalue weighted by Crippen LogP contribution is 2.29. The van der Waals surface area contributed by atoms with Crippen molar-refractivity contribution in [1.29, 1.82) is 0 Å². The van der Waals surface area contributed by atoms with Gasteiger partial charge >= 0.3 is 0 Å². The lowest BCUT2D eigenvalue weighted by Crippen LogP contribution is -2.09. The van der Waals surface area contributed by atoms with Crippen molar-refractivity contribution in [2.75, 3.05) is 11.5 Å². The Labute approximate surface area is 127 Å². The molecule has 21 heavy (non-hydrogen) atoms. The molecule has 3 aromatic rings. The van der Waals surface area contributed by atoms with E-state index in [1.165, 1.54) is 17.9 Å². The molecule has 0 spiro atoms. The summed E-state index contributed by atoms with van der Waals surface area (Å²) in [5.74, 6) is 5.99. The lowest BCUT2D eigenvalue weighted by Gasteiger charge is -2.09. The maximum atomic E-state index is 5.82. The zero-order chi connectivity index (χ0) is 14.2. The molecule has 0 aromatic carbocycles. The zero-order valence-electron chi connectivity index (χ0n) is 12.0. The zero-order valence-corrected chi connectivity index (χ0v) is 12.8. The first kappa shape index (κ1) is 13.0. The second-order valence-electron chi connectivity index (χ2n) is 5.53. The van der Waals surface area contributed by atoms with E-state index >= 15 is 0 Å². The van der Waals surface area contributed by atoms with Gasteiger partial charge in [0.15, 0.2) is 5.65 Å². The Morgan fingerprint density at radius 3 is 3.10 bits per heavy atom. The Bertz CT molecular complexity index is 771. The number of aryl methyl sites for hydroxylation is 1. The van der Waals surface area contributed by atoms with Crippen molar-refractivity contribution in [3.8, 4) is 5.88 Å². The second kappa shape index (κ2) is 5.22. The van der Waals surface area contributed by atoms with Crippen molar-refractivity contribution in [2.24, 2.45) is 5.92 Å². The van der Waals surface area contributed by atoms with Crippen molar-refractivity contribution in [3.05, 3.63) is 42.0 Å². The molecule has 0 bridgehead atoms. The van der Waals surface area contributed by atoms with Crippen LogP contribution >= 0.6 is 11.8 Å². The third-order valence-electron chi connectivity index (χ3n) is 3.93. The van der Waals surface area contributed by atoms with Gasteiger partial charge in [-0.2, -0.15) is 11.8 Å². The van der Waals surface area contributed by atoms with Gasteiger partial charge in [-0.3, -0.25) is 0 Å². The Kier molecular flexibility index (Phi) is 3.22. The molecule has 3 aromatic heterocycles. The second-order valence-corrected chi connectivity index (χ2v) is 6.68. The summed E-state index contributed by atoms with van der Waals surface area (Å²) in [4.78, 5) is 9.29. The molecular weight excluding hydrogens is 282 g/mol. The Balaban J connectivity index is 1.84. The normalized spacial score (nSPS) is 18.6. The van der Waals surface area contributed by atoms with Crippen LogP contribution in [0.3, 0.4) is 0 Å². The summed E-state index contributed by atoms with van der Waals surface area (Å²) in [5, 5.41) is 0. The van der Waals surface area contributed by atoms with Gasteiger partial charge in [0.25, 0.3) is 0 Å². The third kappa shape index (κ3) is 2.35. The Morgan fingerprint density at radius 1 is 1.38 bits per heavy atom. The first-order valence-electron chi connectivity index (χ1n) is 7.28. The minimum atomic E-state index is 0.710. The molecule has 1 unspecified atom stereocenters. The van der Waals surface area contributed by atoms with Crippen LogP contribution in [-0.4, -0.2) is 26.0 Å². The van der Waals surface area contributed by atoms with Crippen LogP contribution in [0.2, 0.25) is 0 Å². The van der Waals surface area contributed by atoms with E-state index in [0.29, 0.717) is 5.92 Å². The predicted molar refractivity (Wildman–Crippen MR) is 85.0 cm³/mol. The fourth-order valence-electron chi connectivity index (χ4n) is 2.87. The number of rotatable bonds is 3. The highest BCUT2D eigenvalue weighted by atomic mass is 32.2. The number of aromatic nitrogens is 3. The molecule has 0 radical (unpaired) electrons. The van der Waals surface area contributed by atoms with Gasteiger partial charge in [-0.1, -0.05) is 0 Å². The number of pyridine rings is 1. The Morgan fingerprint density at radius 2 is 2.33 bits per heavy atom. The first-order chi connectivity index (χ1) is 10.3. The van der Waals surface area contributed by atoms with Crippen LogP contribution in [-0.2, 0) is 6.42 Å². The van der Waals surface area contributed by atoms with E-state index in [9.17, 15) is 0 Å². The van der Waals surface area contributed by atoms with E-state index < -0.39 is 0 Å². The van der Waals surface area contributed by atoms with Gasteiger partial charge in [0.05, 0.1) is 0 Å². The summed E-state index contributed by atoms with van der Waals surface area (Å²) in [6.07, 6.45) is 4.08. The molecule has 108 valence electrons. The van der Waals surface area contributed by atoms with Gasteiger partial charge in [0, 0.05) is 18.7 Å². The topological polar surface area (TPSA) is 43.9 Å². The van der Waals surface area contributed by atoms with Crippen molar-refractivity contribution in [1.82, 2.24) is 14.5 Å². The van der Waals surface area contributed by atoms with Crippen molar-refractivity contribution in [2.45, 2.75) is 19.8 Å². The highest BCUT2D eigenvalue weighted by molar-refractivity contribution is 7.99. The van der Waals surface area contributed by atoms with E-state index in [1.807, 2.05) is 49.1 Å². The largest absolute Gasteiger partial charge is 0.445 e. The molecule has 1 atom stereocenters. The predicted octanol–water partition coefficient (Wildman–Crippen LogP) is 3.62. The number of furan rings is 1. The van der Waals surface area contributed by atoms with Crippen LogP contribution in [0.1, 0.15) is 18.0 Å². The van der Waals surface area contributed by atoms with Gasteiger partial charge in [-0.05, 0) is 49.0 Å². The third-order valence-corrected chi connectivity index (χ3v) is 5.16. The summed E-state index contributed by atoms with van der Waals surface area (Å²) < 4.78 is 7.89. The first-order valence-corrected chi connectivity index (χ1v) is 8.43. The SMILES string of the molecule is Cc1ccc(-n2c(CC3CCSC3)nc3cccnc32)o1. The molecule has 0 aliphatic carbocycles. The number of thioether (sulfide) groups is 1. The molecule has 4 heterocycles. The maximum absolute atomic E-state index is 5.82. The average molecular weight is 299 g/mol. The highest BCUT2D eigenvalue weighted by Gasteiger charge is 2.22. The number of fused-ring (bicyclic) bond motifs is 1. The fourth-order valence-corrected chi connectivity index (χ4v) is 4.16. The van der Waals surface area contributed by atoms with Crippen LogP contribution in [0, 0.1) is 12.8 Å². The molecular formula is C16H17N3OS. The quantitative estimate of drug-likeness (QED) is 0.741. The van der Waals surface area contributed by atoms with Gasteiger partial charge in [0.2, 0.25) is 5.88 Å². The molecule has 1 fully saturated rings.